The van der Waals surface area contributed by atoms with E-state index in [-0.39, 0.29) is 0 Å². The Labute approximate surface area is 124 Å². The van der Waals surface area contributed by atoms with E-state index in [4.69, 9.17) is 5.73 Å². The third-order valence-electron chi connectivity index (χ3n) is 3.40. The van der Waals surface area contributed by atoms with Gasteiger partial charge in [0.2, 0.25) is 5.95 Å². The number of nitrogens with one attached hydrogen (secondary N) is 1. The predicted molar refractivity (Wildman–Crippen MR) is 86.1 cm³/mol. The maximum absolute atomic E-state index is 5.55. The number of benzene rings is 2. The van der Waals surface area contributed by atoms with Crippen LogP contribution in [0.25, 0.3) is 10.9 Å². The molecular weight excluding hydrogens is 260 g/mol. The first-order valence-electron chi connectivity index (χ1n) is 7.09. The summed E-state index contributed by atoms with van der Waals surface area (Å²) in [4.78, 5) is 8.83. The van der Waals surface area contributed by atoms with Crippen LogP contribution in [0.15, 0.2) is 54.7 Å². The number of nitrogens with two attached hydrogens (primary N) is 1. The van der Waals surface area contributed by atoms with E-state index in [1.165, 1.54) is 11.1 Å². The molecule has 21 heavy (non-hydrogen) atoms. The topological polar surface area (TPSA) is 63.8 Å². The number of nitrogens with zero attached hydrogens (tertiary/aromatic N) is 2. The van der Waals surface area contributed by atoms with Gasteiger partial charge in [-0.1, -0.05) is 42.5 Å². The van der Waals surface area contributed by atoms with Crippen molar-refractivity contribution in [2.45, 2.75) is 13.0 Å². The summed E-state index contributed by atoms with van der Waals surface area (Å²) in [6, 6.07) is 16.4. The minimum Gasteiger partial charge on any atom is -0.350 e. The molecule has 0 atom stereocenters. The number of aromatic nitrogens is 2. The quantitative estimate of drug-likeness (QED) is 0.753. The van der Waals surface area contributed by atoms with Gasteiger partial charge in [0.15, 0.2) is 0 Å². The molecule has 1 heterocycles. The Bertz CT molecular complexity index is 722. The van der Waals surface area contributed by atoms with Crippen LogP contribution in [0.4, 0.5) is 5.95 Å². The maximum atomic E-state index is 5.55. The molecule has 0 bridgehead atoms. The molecule has 0 aliphatic heterocycles. The van der Waals surface area contributed by atoms with E-state index in [0.717, 1.165) is 17.3 Å². The number of para-hydroxylation sites is 1. The van der Waals surface area contributed by atoms with Gasteiger partial charge < -0.3 is 11.1 Å². The van der Waals surface area contributed by atoms with E-state index in [1.54, 1.807) is 0 Å². The van der Waals surface area contributed by atoms with E-state index >= 15 is 0 Å². The normalized spacial score (nSPS) is 10.7. The molecule has 3 rings (SSSR count). The van der Waals surface area contributed by atoms with Crippen molar-refractivity contribution in [1.29, 1.82) is 0 Å². The summed E-state index contributed by atoms with van der Waals surface area (Å²) < 4.78 is 0. The van der Waals surface area contributed by atoms with E-state index in [2.05, 4.69) is 39.6 Å². The standard InChI is InChI=1S/C17H18N4/c18-10-9-13-5-7-14(8-6-13)11-19-17-20-12-15-3-1-2-4-16(15)21-17/h1-8,12H,9-11,18H2,(H,19,20,21). The highest BCUT2D eigenvalue weighted by Crippen LogP contribution is 2.12. The predicted octanol–water partition coefficient (Wildman–Crippen LogP) is 2.74. The summed E-state index contributed by atoms with van der Waals surface area (Å²) in [6.45, 7) is 1.39. The number of rotatable bonds is 5. The van der Waals surface area contributed by atoms with Crippen LogP contribution < -0.4 is 11.1 Å². The average molecular weight is 278 g/mol. The van der Waals surface area contributed by atoms with Gasteiger partial charge in [0, 0.05) is 18.1 Å². The van der Waals surface area contributed by atoms with Crippen LogP contribution in [0.5, 0.6) is 0 Å². The zero-order valence-corrected chi connectivity index (χ0v) is 11.8. The average Bonchev–Trinajstić information content (AvgIpc) is 2.54. The van der Waals surface area contributed by atoms with Gasteiger partial charge in [-0.2, -0.15) is 0 Å². The first-order chi connectivity index (χ1) is 10.3. The van der Waals surface area contributed by atoms with Gasteiger partial charge in [0.25, 0.3) is 0 Å². The lowest BCUT2D eigenvalue weighted by Crippen LogP contribution is -2.05. The minimum atomic E-state index is 0.653. The van der Waals surface area contributed by atoms with Crippen LogP contribution in [0.1, 0.15) is 11.1 Å². The Morgan fingerprint density at radius 3 is 2.52 bits per heavy atom. The van der Waals surface area contributed by atoms with E-state index < -0.39 is 0 Å². The Hall–Kier alpha value is -2.46. The fourth-order valence-corrected chi connectivity index (χ4v) is 2.23. The number of fused-ring (bicyclic) bond motifs is 1. The molecule has 4 heteroatoms. The van der Waals surface area contributed by atoms with Crippen molar-refractivity contribution in [3.05, 3.63) is 65.9 Å². The van der Waals surface area contributed by atoms with Gasteiger partial charge >= 0.3 is 0 Å². The van der Waals surface area contributed by atoms with Crippen molar-refractivity contribution in [3.8, 4) is 0 Å². The lowest BCUT2D eigenvalue weighted by Gasteiger charge is -2.06. The van der Waals surface area contributed by atoms with Gasteiger partial charge in [-0.05, 0) is 30.2 Å². The molecule has 1 aromatic heterocycles. The van der Waals surface area contributed by atoms with Crippen molar-refractivity contribution in [2.24, 2.45) is 5.73 Å². The smallest absolute Gasteiger partial charge is 0.223 e. The SMILES string of the molecule is NCCc1ccc(CNc2ncc3ccccc3n2)cc1. The molecule has 0 fully saturated rings. The molecule has 0 aliphatic carbocycles. The fourth-order valence-electron chi connectivity index (χ4n) is 2.23. The van der Waals surface area contributed by atoms with Crippen LogP contribution in [0.2, 0.25) is 0 Å². The van der Waals surface area contributed by atoms with E-state index in [1.807, 2.05) is 30.5 Å². The first-order valence-corrected chi connectivity index (χ1v) is 7.09. The molecule has 0 spiro atoms. The Morgan fingerprint density at radius 1 is 0.952 bits per heavy atom. The second-order valence-corrected chi connectivity index (χ2v) is 4.96. The fraction of sp³-hybridized carbons (Fsp3) is 0.176. The van der Waals surface area contributed by atoms with Crippen molar-refractivity contribution >= 4 is 16.9 Å². The molecule has 0 radical (unpaired) electrons. The van der Waals surface area contributed by atoms with Crippen molar-refractivity contribution < 1.29 is 0 Å². The third-order valence-corrected chi connectivity index (χ3v) is 3.40. The lowest BCUT2D eigenvalue weighted by atomic mass is 10.1. The summed E-state index contributed by atoms with van der Waals surface area (Å²) in [5, 5.41) is 4.31. The molecule has 2 aromatic carbocycles. The van der Waals surface area contributed by atoms with Gasteiger partial charge in [-0.3, -0.25) is 0 Å². The largest absolute Gasteiger partial charge is 0.350 e. The van der Waals surface area contributed by atoms with E-state index in [9.17, 15) is 0 Å². The molecule has 106 valence electrons. The van der Waals surface area contributed by atoms with Gasteiger partial charge in [-0.25, -0.2) is 9.97 Å². The Balaban J connectivity index is 1.68. The molecule has 0 amide bonds. The zero-order chi connectivity index (χ0) is 14.5. The Morgan fingerprint density at radius 2 is 1.71 bits per heavy atom. The molecule has 0 unspecified atom stereocenters. The van der Waals surface area contributed by atoms with Crippen LogP contribution in [-0.4, -0.2) is 16.5 Å². The van der Waals surface area contributed by atoms with Crippen molar-refractivity contribution in [1.82, 2.24) is 9.97 Å². The monoisotopic (exact) mass is 278 g/mol. The number of hydrogen-bond acceptors (Lipinski definition) is 4. The lowest BCUT2D eigenvalue weighted by molar-refractivity contribution is 0.965. The maximum Gasteiger partial charge on any atom is 0.223 e. The van der Waals surface area contributed by atoms with Gasteiger partial charge in [0.05, 0.1) is 5.52 Å². The van der Waals surface area contributed by atoms with E-state index in [0.29, 0.717) is 19.0 Å². The molecule has 0 saturated carbocycles. The van der Waals surface area contributed by atoms with Gasteiger partial charge in [0.1, 0.15) is 0 Å². The molecule has 3 N–H and O–H groups in total. The third kappa shape index (κ3) is 3.35. The summed E-state index contributed by atoms with van der Waals surface area (Å²) in [7, 11) is 0. The highest BCUT2D eigenvalue weighted by molar-refractivity contribution is 5.78. The second kappa shape index (κ2) is 6.33. The molecule has 0 aliphatic rings. The molecular formula is C17H18N4. The highest BCUT2D eigenvalue weighted by Gasteiger charge is 2.00. The number of hydrogen-bond donors (Lipinski definition) is 2. The summed E-state index contributed by atoms with van der Waals surface area (Å²) >= 11 is 0. The summed E-state index contributed by atoms with van der Waals surface area (Å²) in [5.74, 6) is 0.653. The van der Waals surface area contributed by atoms with Crippen LogP contribution >= 0.6 is 0 Å². The van der Waals surface area contributed by atoms with Crippen LogP contribution in [-0.2, 0) is 13.0 Å². The molecule has 4 nitrogen and oxygen atoms in total. The Kier molecular flexibility index (Phi) is 4.07. The molecule has 0 saturated heterocycles. The number of anilines is 1. The van der Waals surface area contributed by atoms with Crippen molar-refractivity contribution in [2.75, 3.05) is 11.9 Å². The zero-order valence-electron chi connectivity index (χ0n) is 11.8. The molecule has 3 aromatic rings. The van der Waals surface area contributed by atoms with Crippen molar-refractivity contribution in [3.63, 3.8) is 0 Å². The summed E-state index contributed by atoms with van der Waals surface area (Å²) in [6.07, 6.45) is 2.76. The summed E-state index contributed by atoms with van der Waals surface area (Å²) in [5.41, 5.74) is 8.97. The second-order valence-electron chi connectivity index (χ2n) is 4.96. The van der Waals surface area contributed by atoms with Gasteiger partial charge in [-0.15, -0.1) is 0 Å². The highest BCUT2D eigenvalue weighted by atomic mass is 15.1. The van der Waals surface area contributed by atoms with Crippen LogP contribution in [0, 0.1) is 0 Å². The van der Waals surface area contributed by atoms with Crippen LogP contribution in [0.3, 0.4) is 0 Å². The first kappa shape index (κ1) is 13.5. The minimum absolute atomic E-state index is 0.653.